The van der Waals surface area contributed by atoms with Gasteiger partial charge in [0.15, 0.2) is 0 Å². The van der Waals surface area contributed by atoms with E-state index in [9.17, 15) is 4.79 Å². The Morgan fingerprint density at radius 1 is 1.32 bits per heavy atom. The van der Waals surface area contributed by atoms with Crippen LogP contribution in [0.1, 0.15) is 38.3 Å². The molecule has 22 heavy (non-hydrogen) atoms. The van der Waals surface area contributed by atoms with Gasteiger partial charge in [0.1, 0.15) is 0 Å². The molecule has 2 heterocycles. The lowest BCUT2D eigenvalue weighted by Crippen LogP contribution is -2.42. The second kappa shape index (κ2) is 6.69. The molecule has 1 saturated heterocycles. The van der Waals surface area contributed by atoms with Crippen molar-refractivity contribution in [3.63, 3.8) is 0 Å². The fourth-order valence-corrected chi connectivity index (χ4v) is 3.02. The van der Waals surface area contributed by atoms with Gasteiger partial charge in [-0.15, -0.1) is 0 Å². The quantitative estimate of drug-likeness (QED) is 0.815. The minimum Gasteiger partial charge on any atom is -0.336 e. The molecule has 0 bridgehead atoms. The SMILES string of the molecule is CCC1CCCCN1C(=O)/C=C/c1cnc2ccccc2n1. The molecule has 2 aromatic rings. The molecule has 114 valence electrons. The van der Waals surface area contributed by atoms with Gasteiger partial charge in [0, 0.05) is 18.7 Å². The van der Waals surface area contributed by atoms with Gasteiger partial charge in [-0.1, -0.05) is 19.1 Å². The van der Waals surface area contributed by atoms with Crippen molar-refractivity contribution < 1.29 is 4.79 Å². The number of hydrogen-bond donors (Lipinski definition) is 0. The third kappa shape index (κ3) is 3.16. The van der Waals surface area contributed by atoms with Crippen molar-refractivity contribution >= 4 is 23.0 Å². The number of nitrogens with zero attached hydrogens (tertiary/aromatic N) is 3. The van der Waals surface area contributed by atoms with Gasteiger partial charge >= 0.3 is 0 Å². The first-order valence-corrected chi connectivity index (χ1v) is 7.98. The zero-order valence-electron chi connectivity index (χ0n) is 12.9. The highest BCUT2D eigenvalue weighted by Crippen LogP contribution is 2.20. The van der Waals surface area contributed by atoms with E-state index in [0.29, 0.717) is 6.04 Å². The summed E-state index contributed by atoms with van der Waals surface area (Å²) in [5, 5.41) is 0. The van der Waals surface area contributed by atoms with Crippen LogP contribution in [0.4, 0.5) is 0 Å². The van der Waals surface area contributed by atoms with Crippen LogP contribution in [0.5, 0.6) is 0 Å². The minimum absolute atomic E-state index is 0.0847. The molecule has 0 saturated carbocycles. The highest BCUT2D eigenvalue weighted by Gasteiger charge is 2.23. The topological polar surface area (TPSA) is 46.1 Å². The summed E-state index contributed by atoms with van der Waals surface area (Å²) in [4.78, 5) is 23.3. The minimum atomic E-state index is 0.0847. The van der Waals surface area contributed by atoms with E-state index in [1.54, 1.807) is 18.3 Å². The van der Waals surface area contributed by atoms with Gasteiger partial charge in [-0.3, -0.25) is 9.78 Å². The number of carbonyl (C=O) groups is 1. The maximum absolute atomic E-state index is 12.4. The van der Waals surface area contributed by atoms with Crippen LogP contribution in [0.15, 0.2) is 36.5 Å². The number of amides is 1. The number of benzene rings is 1. The third-order valence-electron chi connectivity index (χ3n) is 4.25. The van der Waals surface area contributed by atoms with E-state index in [4.69, 9.17) is 0 Å². The van der Waals surface area contributed by atoms with Crippen molar-refractivity contribution in [3.8, 4) is 0 Å². The van der Waals surface area contributed by atoms with E-state index in [0.717, 1.165) is 42.5 Å². The Morgan fingerprint density at radius 2 is 2.14 bits per heavy atom. The van der Waals surface area contributed by atoms with Crippen molar-refractivity contribution in [3.05, 3.63) is 42.2 Å². The number of fused-ring (bicyclic) bond motifs is 1. The highest BCUT2D eigenvalue weighted by atomic mass is 16.2. The Hall–Kier alpha value is -2.23. The Labute approximate surface area is 130 Å². The van der Waals surface area contributed by atoms with Crippen LogP contribution in [0.25, 0.3) is 17.1 Å². The molecule has 4 nitrogen and oxygen atoms in total. The maximum Gasteiger partial charge on any atom is 0.246 e. The van der Waals surface area contributed by atoms with Crippen LogP contribution in [-0.4, -0.2) is 33.4 Å². The largest absolute Gasteiger partial charge is 0.336 e. The van der Waals surface area contributed by atoms with Gasteiger partial charge in [-0.05, 0) is 43.9 Å². The van der Waals surface area contributed by atoms with Gasteiger partial charge in [0.25, 0.3) is 0 Å². The fourth-order valence-electron chi connectivity index (χ4n) is 3.02. The Morgan fingerprint density at radius 3 is 2.95 bits per heavy atom. The van der Waals surface area contributed by atoms with Crippen molar-refractivity contribution in [2.45, 2.75) is 38.6 Å². The highest BCUT2D eigenvalue weighted by molar-refractivity contribution is 5.92. The standard InChI is InChI=1S/C18H21N3O/c1-2-15-7-5-6-12-21(15)18(22)11-10-14-13-19-16-8-3-4-9-17(16)20-14/h3-4,8-11,13,15H,2,5-7,12H2,1H3/b11-10+. The molecule has 4 heteroatoms. The fraction of sp³-hybridized carbons (Fsp3) is 0.389. The van der Waals surface area contributed by atoms with Crippen LogP contribution < -0.4 is 0 Å². The molecule has 1 atom stereocenters. The van der Waals surface area contributed by atoms with Gasteiger partial charge in [0.2, 0.25) is 5.91 Å². The summed E-state index contributed by atoms with van der Waals surface area (Å²) in [5.74, 6) is 0.0847. The van der Waals surface area contributed by atoms with Crippen LogP contribution in [0.3, 0.4) is 0 Å². The number of rotatable bonds is 3. The number of piperidine rings is 1. The van der Waals surface area contributed by atoms with Crippen LogP contribution >= 0.6 is 0 Å². The summed E-state index contributed by atoms with van der Waals surface area (Å²) in [6.45, 7) is 3.01. The molecule has 3 rings (SSSR count). The third-order valence-corrected chi connectivity index (χ3v) is 4.25. The lowest BCUT2D eigenvalue weighted by atomic mass is 10.00. The van der Waals surface area contributed by atoms with E-state index < -0.39 is 0 Å². The first-order valence-electron chi connectivity index (χ1n) is 7.98. The van der Waals surface area contributed by atoms with Crippen LogP contribution in [0.2, 0.25) is 0 Å². The second-order valence-electron chi connectivity index (χ2n) is 5.71. The molecule has 0 radical (unpaired) electrons. The first-order chi connectivity index (χ1) is 10.8. The zero-order chi connectivity index (χ0) is 15.4. The van der Waals surface area contributed by atoms with Crippen LogP contribution in [0, 0.1) is 0 Å². The average molecular weight is 295 g/mol. The molecule has 1 aromatic heterocycles. The van der Waals surface area contributed by atoms with E-state index >= 15 is 0 Å². The van der Waals surface area contributed by atoms with Crippen LogP contribution in [-0.2, 0) is 4.79 Å². The van der Waals surface area contributed by atoms with Gasteiger partial charge in [0.05, 0.1) is 22.9 Å². The summed E-state index contributed by atoms with van der Waals surface area (Å²) in [6.07, 6.45) is 9.57. The second-order valence-corrected chi connectivity index (χ2v) is 5.71. The molecule has 1 amide bonds. The molecule has 1 fully saturated rings. The van der Waals surface area contributed by atoms with E-state index in [1.807, 2.05) is 29.2 Å². The molecular formula is C18H21N3O. The van der Waals surface area contributed by atoms with Crippen molar-refractivity contribution in [1.29, 1.82) is 0 Å². The van der Waals surface area contributed by atoms with Gasteiger partial charge < -0.3 is 4.90 Å². The summed E-state index contributed by atoms with van der Waals surface area (Å²) < 4.78 is 0. The summed E-state index contributed by atoms with van der Waals surface area (Å²) in [5.41, 5.74) is 2.44. The monoisotopic (exact) mass is 295 g/mol. The van der Waals surface area contributed by atoms with Gasteiger partial charge in [-0.2, -0.15) is 0 Å². The molecular weight excluding hydrogens is 274 g/mol. The number of para-hydroxylation sites is 2. The first kappa shape index (κ1) is 14.7. The van der Waals surface area contributed by atoms with Crippen molar-refractivity contribution in [1.82, 2.24) is 14.9 Å². The molecule has 0 aliphatic carbocycles. The predicted molar refractivity (Wildman–Crippen MR) is 88.2 cm³/mol. The Balaban J connectivity index is 1.75. The van der Waals surface area contributed by atoms with Gasteiger partial charge in [-0.25, -0.2) is 4.98 Å². The molecule has 1 aliphatic rings. The molecule has 1 aliphatic heterocycles. The van der Waals surface area contributed by atoms with Crippen molar-refractivity contribution in [2.24, 2.45) is 0 Å². The Bertz CT molecular complexity index is 696. The molecule has 0 spiro atoms. The molecule has 0 N–H and O–H groups in total. The number of hydrogen-bond acceptors (Lipinski definition) is 3. The Kier molecular flexibility index (Phi) is 4.47. The predicted octanol–water partition coefficient (Wildman–Crippen LogP) is 3.43. The number of aromatic nitrogens is 2. The molecule has 1 unspecified atom stereocenters. The summed E-state index contributed by atoms with van der Waals surface area (Å²) >= 11 is 0. The number of likely N-dealkylation sites (tertiary alicyclic amines) is 1. The van der Waals surface area contributed by atoms with E-state index in [2.05, 4.69) is 16.9 Å². The number of carbonyl (C=O) groups excluding carboxylic acids is 1. The lowest BCUT2D eigenvalue weighted by molar-refractivity contribution is -0.129. The zero-order valence-corrected chi connectivity index (χ0v) is 12.9. The lowest BCUT2D eigenvalue weighted by Gasteiger charge is -2.34. The summed E-state index contributed by atoms with van der Waals surface area (Å²) in [6, 6.07) is 8.13. The van der Waals surface area contributed by atoms with E-state index in [-0.39, 0.29) is 5.91 Å². The maximum atomic E-state index is 12.4. The average Bonchev–Trinajstić information content (AvgIpc) is 2.59. The smallest absolute Gasteiger partial charge is 0.246 e. The molecule has 1 aromatic carbocycles. The van der Waals surface area contributed by atoms with E-state index in [1.165, 1.54) is 6.42 Å². The van der Waals surface area contributed by atoms with Crippen molar-refractivity contribution in [2.75, 3.05) is 6.54 Å². The summed E-state index contributed by atoms with van der Waals surface area (Å²) in [7, 11) is 0. The normalized spacial score (nSPS) is 19.0.